The molecule has 6 heteroatoms. The van der Waals surface area contributed by atoms with E-state index in [1.165, 1.54) is 24.0 Å². The van der Waals surface area contributed by atoms with Crippen LogP contribution in [0.2, 0.25) is 0 Å². The van der Waals surface area contributed by atoms with Crippen molar-refractivity contribution in [2.75, 3.05) is 26.2 Å². The Kier molecular flexibility index (Phi) is 7.35. The molecule has 0 aromatic heterocycles. The number of carbonyl (C=O) groups is 2. The summed E-state index contributed by atoms with van der Waals surface area (Å²) >= 11 is 3.46. The standard InChI is InChI=1S/C28H34BrN3O2/c29-23-12-5-11-22(19-23)28(34)32-17-15-31(16-18-32)26(21-8-1-2-9-21)27(33)30-25-14-6-10-20-7-3-4-13-24(20)25/h3-5,7,11-13,19,21,25-26H,1-2,6,8-10,14-18H2,(H,30,33). The molecule has 2 aromatic carbocycles. The van der Waals surface area contributed by atoms with Crippen LogP contribution in [0.4, 0.5) is 0 Å². The maximum absolute atomic E-state index is 13.7. The molecule has 5 nitrogen and oxygen atoms in total. The summed E-state index contributed by atoms with van der Waals surface area (Å²) in [6.45, 7) is 2.81. The monoisotopic (exact) mass is 523 g/mol. The first-order valence-corrected chi connectivity index (χ1v) is 13.6. The van der Waals surface area contributed by atoms with E-state index in [2.05, 4.69) is 50.4 Å². The molecule has 5 rings (SSSR count). The lowest BCUT2D eigenvalue weighted by Crippen LogP contribution is -2.58. The number of hydrogen-bond donors (Lipinski definition) is 1. The number of amides is 2. The Labute approximate surface area is 211 Å². The summed E-state index contributed by atoms with van der Waals surface area (Å²) in [6.07, 6.45) is 7.89. The van der Waals surface area contributed by atoms with Gasteiger partial charge in [0.1, 0.15) is 0 Å². The van der Waals surface area contributed by atoms with Gasteiger partial charge in [-0.3, -0.25) is 14.5 Å². The van der Waals surface area contributed by atoms with Gasteiger partial charge in [0.15, 0.2) is 0 Å². The van der Waals surface area contributed by atoms with Crippen molar-refractivity contribution in [3.05, 3.63) is 69.7 Å². The Hall–Kier alpha value is -2.18. The highest BCUT2D eigenvalue weighted by atomic mass is 79.9. The molecule has 2 aromatic rings. The Morgan fingerprint density at radius 1 is 0.912 bits per heavy atom. The van der Waals surface area contributed by atoms with E-state index in [1.807, 2.05) is 29.2 Å². The molecule has 3 aliphatic rings. The summed E-state index contributed by atoms with van der Waals surface area (Å²) in [5.74, 6) is 0.660. The minimum Gasteiger partial charge on any atom is -0.348 e. The third-order valence-electron chi connectivity index (χ3n) is 7.87. The van der Waals surface area contributed by atoms with Crippen molar-refractivity contribution in [2.24, 2.45) is 5.92 Å². The zero-order chi connectivity index (χ0) is 23.5. The zero-order valence-corrected chi connectivity index (χ0v) is 21.3. The number of hydrogen-bond acceptors (Lipinski definition) is 3. The Morgan fingerprint density at radius 3 is 2.44 bits per heavy atom. The normalized spacial score (nSPS) is 22.3. The van der Waals surface area contributed by atoms with Crippen molar-refractivity contribution >= 4 is 27.7 Å². The number of halogens is 1. The smallest absolute Gasteiger partial charge is 0.253 e. The van der Waals surface area contributed by atoms with Gasteiger partial charge in [0.05, 0.1) is 12.1 Å². The topological polar surface area (TPSA) is 52.7 Å². The Balaban J connectivity index is 1.27. The number of fused-ring (bicyclic) bond motifs is 1. The van der Waals surface area contributed by atoms with Gasteiger partial charge < -0.3 is 10.2 Å². The Bertz CT molecular complexity index is 1030. The fraction of sp³-hybridized carbons (Fsp3) is 0.500. The minimum atomic E-state index is -0.0975. The van der Waals surface area contributed by atoms with Crippen molar-refractivity contribution < 1.29 is 9.59 Å². The summed E-state index contributed by atoms with van der Waals surface area (Å²) in [7, 11) is 0. The van der Waals surface area contributed by atoms with Crippen LogP contribution in [0.1, 0.15) is 66.1 Å². The second-order valence-electron chi connectivity index (χ2n) is 9.98. The molecule has 34 heavy (non-hydrogen) atoms. The van der Waals surface area contributed by atoms with Gasteiger partial charge in [-0.05, 0) is 67.3 Å². The molecular formula is C28H34BrN3O2. The van der Waals surface area contributed by atoms with Crippen LogP contribution < -0.4 is 5.32 Å². The van der Waals surface area contributed by atoms with Crippen LogP contribution in [0.25, 0.3) is 0 Å². The van der Waals surface area contributed by atoms with Gasteiger partial charge in [-0.1, -0.05) is 59.1 Å². The van der Waals surface area contributed by atoms with Gasteiger partial charge in [-0.15, -0.1) is 0 Å². The van der Waals surface area contributed by atoms with Crippen molar-refractivity contribution in [2.45, 2.75) is 57.0 Å². The quantitative estimate of drug-likeness (QED) is 0.602. The molecule has 1 N–H and O–H groups in total. The van der Waals surface area contributed by atoms with Gasteiger partial charge in [0.2, 0.25) is 5.91 Å². The average molecular weight is 525 g/mol. The van der Waals surface area contributed by atoms with E-state index in [1.54, 1.807) is 0 Å². The van der Waals surface area contributed by atoms with E-state index >= 15 is 0 Å². The number of nitrogens with zero attached hydrogens (tertiary/aromatic N) is 2. The Morgan fingerprint density at radius 2 is 1.68 bits per heavy atom. The molecule has 1 heterocycles. The fourth-order valence-electron chi connectivity index (χ4n) is 6.12. The van der Waals surface area contributed by atoms with Crippen LogP contribution in [0.5, 0.6) is 0 Å². The van der Waals surface area contributed by atoms with Crippen LogP contribution in [-0.4, -0.2) is 53.8 Å². The van der Waals surface area contributed by atoms with Gasteiger partial charge in [0, 0.05) is 36.2 Å². The van der Waals surface area contributed by atoms with E-state index in [9.17, 15) is 9.59 Å². The summed E-state index contributed by atoms with van der Waals surface area (Å²) in [5.41, 5.74) is 3.37. The summed E-state index contributed by atoms with van der Waals surface area (Å²) in [5, 5.41) is 3.45. The molecule has 1 saturated heterocycles. The summed E-state index contributed by atoms with van der Waals surface area (Å²) < 4.78 is 0.916. The maximum Gasteiger partial charge on any atom is 0.253 e. The highest BCUT2D eigenvalue weighted by Gasteiger charge is 2.38. The largest absolute Gasteiger partial charge is 0.348 e. The molecule has 0 bridgehead atoms. The van der Waals surface area contributed by atoms with Gasteiger partial charge >= 0.3 is 0 Å². The SMILES string of the molecule is O=C(NC1CCCc2ccccc21)C(C1CCCC1)N1CCN(C(=O)c2cccc(Br)c2)CC1. The molecule has 0 radical (unpaired) electrons. The lowest BCUT2D eigenvalue weighted by Gasteiger charge is -2.41. The first-order chi connectivity index (χ1) is 16.6. The van der Waals surface area contributed by atoms with Crippen LogP contribution in [0, 0.1) is 5.92 Å². The number of rotatable bonds is 5. The second kappa shape index (κ2) is 10.6. The molecule has 2 unspecified atom stereocenters. The number of piperazine rings is 1. The first kappa shape index (κ1) is 23.6. The molecule has 1 saturated carbocycles. The van der Waals surface area contributed by atoms with E-state index in [0.717, 1.165) is 49.7 Å². The molecule has 1 aliphatic heterocycles. The first-order valence-electron chi connectivity index (χ1n) is 12.8. The highest BCUT2D eigenvalue weighted by molar-refractivity contribution is 9.10. The van der Waals surface area contributed by atoms with E-state index < -0.39 is 0 Å². The molecule has 2 aliphatic carbocycles. The van der Waals surface area contributed by atoms with Crippen LogP contribution >= 0.6 is 15.9 Å². The predicted octanol–water partition coefficient (Wildman–Crippen LogP) is 4.96. The van der Waals surface area contributed by atoms with E-state index in [-0.39, 0.29) is 23.9 Å². The highest BCUT2D eigenvalue weighted by Crippen LogP contribution is 2.33. The number of benzene rings is 2. The van der Waals surface area contributed by atoms with Crippen molar-refractivity contribution in [3.8, 4) is 0 Å². The molecule has 2 atom stereocenters. The minimum absolute atomic E-state index is 0.0710. The number of aryl methyl sites for hydroxylation is 1. The summed E-state index contributed by atoms with van der Waals surface area (Å²) in [6, 6.07) is 16.2. The lowest BCUT2D eigenvalue weighted by molar-refractivity contribution is -0.130. The van der Waals surface area contributed by atoms with E-state index in [0.29, 0.717) is 24.6 Å². The second-order valence-corrected chi connectivity index (χ2v) is 10.9. The maximum atomic E-state index is 13.7. The van der Waals surface area contributed by atoms with Crippen LogP contribution in [-0.2, 0) is 11.2 Å². The van der Waals surface area contributed by atoms with E-state index in [4.69, 9.17) is 0 Å². The summed E-state index contributed by atoms with van der Waals surface area (Å²) in [4.78, 5) is 31.0. The van der Waals surface area contributed by atoms with Crippen LogP contribution in [0.15, 0.2) is 53.0 Å². The number of carbonyl (C=O) groups excluding carboxylic acids is 2. The molecule has 2 fully saturated rings. The van der Waals surface area contributed by atoms with Gasteiger partial charge in [-0.25, -0.2) is 0 Å². The third-order valence-corrected chi connectivity index (χ3v) is 8.36. The fourth-order valence-corrected chi connectivity index (χ4v) is 6.52. The third kappa shape index (κ3) is 5.08. The molecule has 0 spiro atoms. The average Bonchev–Trinajstić information content (AvgIpc) is 3.39. The zero-order valence-electron chi connectivity index (χ0n) is 19.7. The molecule has 2 amide bonds. The molecular weight excluding hydrogens is 490 g/mol. The van der Waals surface area contributed by atoms with Crippen molar-refractivity contribution in [1.82, 2.24) is 15.1 Å². The predicted molar refractivity (Wildman–Crippen MR) is 138 cm³/mol. The molecule has 180 valence electrons. The van der Waals surface area contributed by atoms with Gasteiger partial charge in [-0.2, -0.15) is 0 Å². The van der Waals surface area contributed by atoms with Crippen molar-refractivity contribution in [1.29, 1.82) is 0 Å². The van der Waals surface area contributed by atoms with Crippen LogP contribution in [0.3, 0.4) is 0 Å². The number of nitrogens with one attached hydrogen (secondary N) is 1. The lowest BCUT2D eigenvalue weighted by atomic mass is 9.87. The van der Waals surface area contributed by atoms with Crippen molar-refractivity contribution in [3.63, 3.8) is 0 Å². The van der Waals surface area contributed by atoms with Gasteiger partial charge in [0.25, 0.3) is 5.91 Å².